The Morgan fingerprint density at radius 2 is 1.84 bits per heavy atom. The van der Waals surface area contributed by atoms with Crippen LogP contribution in [0.1, 0.15) is 77.1 Å². The van der Waals surface area contributed by atoms with Crippen LogP contribution in [0.4, 0.5) is 0 Å². The molecule has 1 fully saturated rings. The van der Waals surface area contributed by atoms with Crippen LogP contribution in [0.3, 0.4) is 0 Å². The van der Waals surface area contributed by atoms with Gasteiger partial charge in [-0.3, -0.25) is 14.6 Å². The molecule has 1 amide bonds. The van der Waals surface area contributed by atoms with Crippen molar-refractivity contribution >= 4 is 16.8 Å². The summed E-state index contributed by atoms with van der Waals surface area (Å²) in [4.78, 5) is 33.8. The maximum absolute atomic E-state index is 13.6. The summed E-state index contributed by atoms with van der Waals surface area (Å²) in [5, 5.41) is 7.37. The van der Waals surface area contributed by atoms with Crippen LogP contribution >= 0.6 is 0 Å². The maximum Gasteiger partial charge on any atom is 0.253 e. The number of hydrogen-bond acceptors (Lipinski definition) is 4. The number of piperidine rings is 1. The van der Waals surface area contributed by atoms with Gasteiger partial charge in [0, 0.05) is 69.9 Å². The number of aromatic amines is 1. The van der Waals surface area contributed by atoms with E-state index in [0.29, 0.717) is 17.0 Å². The molecule has 3 aromatic heterocycles. The van der Waals surface area contributed by atoms with Crippen LogP contribution in [-0.4, -0.2) is 33.5 Å². The number of hydrogen-bond donors (Lipinski definition) is 3. The molecule has 1 aromatic carbocycles. The van der Waals surface area contributed by atoms with Crippen LogP contribution < -0.4 is 16.2 Å². The molecule has 38 heavy (non-hydrogen) atoms. The number of rotatable bonds is 6. The molecule has 0 aliphatic carbocycles. The molecule has 198 valence electrons. The predicted molar refractivity (Wildman–Crippen MR) is 153 cm³/mol. The molecule has 0 atom stereocenters. The monoisotopic (exact) mass is 511 g/mol. The van der Waals surface area contributed by atoms with E-state index in [1.54, 1.807) is 0 Å². The molecular weight excluding hydrogens is 474 g/mol. The van der Waals surface area contributed by atoms with Gasteiger partial charge in [0.05, 0.1) is 0 Å². The largest absolute Gasteiger partial charge is 0.348 e. The molecule has 5 rings (SSSR count). The van der Waals surface area contributed by atoms with E-state index in [1.807, 2.05) is 39.1 Å². The Hall–Kier alpha value is -3.71. The quantitative estimate of drug-likeness (QED) is 0.328. The lowest BCUT2D eigenvalue weighted by molar-refractivity contribution is 0.0952. The number of carbonyl (C=O) groups is 1. The van der Waals surface area contributed by atoms with E-state index in [4.69, 9.17) is 4.98 Å². The second-order valence-electron chi connectivity index (χ2n) is 10.9. The Morgan fingerprint density at radius 3 is 2.50 bits per heavy atom. The molecule has 0 bridgehead atoms. The number of nitrogens with one attached hydrogen (secondary N) is 3. The van der Waals surface area contributed by atoms with Crippen molar-refractivity contribution in [2.45, 2.75) is 66.0 Å². The topological polar surface area (TPSA) is 91.8 Å². The molecule has 7 nitrogen and oxygen atoms in total. The third-order valence-corrected chi connectivity index (χ3v) is 7.72. The molecule has 3 N–H and O–H groups in total. The Balaban J connectivity index is 1.53. The van der Waals surface area contributed by atoms with E-state index in [1.165, 1.54) is 0 Å². The van der Waals surface area contributed by atoms with Crippen LogP contribution in [0.5, 0.6) is 0 Å². The predicted octanol–water partition coefficient (Wildman–Crippen LogP) is 5.29. The van der Waals surface area contributed by atoms with E-state index in [-0.39, 0.29) is 24.1 Å². The van der Waals surface area contributed by atoms with Gasteiger partial charge in [-0.1, -0.05) is 6.07 Å². The van der Waals surface area contributed by atoms with Gasteiger partial charge in [-0.25, -0.2) is 0 Å². The van der Waals surface area contributed by atoms with E-state index >= 15 is 0 Å². The number of aromatic nitrogens is 3. The fourth-order valence-corrected chi connectivity index (χ4v) is 5.66. The number of pyridine rings is 2. The molecule has 4 aromatic rings. The normalized spacial score (nSPS) is 14.4. The average Bonchev–Trinajstić information content (AvgIpc) is 3.24. The number of carbonyl (C=O) groups excluding carboxylic acids is 1. The van der Waals surface area contributed by atoms with Crippen molar-refractivity contribution in [1.29, 1.82) is 0 Å². The van der Waals surface area contributed by atoms with Crippen molar-refractivity contribution in [3.63, 3.8) is 0 Å². The first kappa shape index (κ1) is 25.9. The van der Waals surface area contributed by atoms with E-state index in [2.05, 4.69) is 58.4 Å². The number of amides is 1. The zero-order chi connectivity index (χ0) is 27.0. The highest BCUT2D eigenvalue weighted by Gasteiger charge is 2.20. The van der Waals surface area contributed by atoms with Crippen molar-refractivity contribution in [3.05, 3.63) is 86.7 Å². The Labute approximate surface area is 223 Å². The fourth-order valence-electron chi connectivity index (χ4n) is 5.66. The van der Waals surface area contributed by atoms with Gasteiger partial charge in [0.2, 0.25) is 0 Å². The number of H-pyrrole nitrogens is 1. The highest BCUT2D eigenvalue weighted by molar-refractivity contribution is 6.09. The van der Waals surface area contributed by atoms with Crippen LogP contribution in [-0.2, 0) is 6.54 Å². The van der Waals surface area contributed by atoms with Crippen molar-refractivity contribution in [3.8, 4) is 11.1 Å². The van der Waals surface area contributed by atoms with Crippen LogP contribution in [0.25, 0.3) is 22.0 Å². The van der Waals surface area contributed by atoms with Crippen LogP contribution in [0.2, 0.25) is 0 Å². The first-order chi connectivity index (χ1) is 18.2. The Kier molecular flexibility index (Phi) is 7.21. The van der Waals surface area contributed by atoms with Gasteiger partial charge in [-0.15, -0.1) is 0 Å². The minimum atomic E-state index is -0.194. The van der Waals surface area contributed by atoms with Crippen molar-refractivity contribution in [1.82, 2.24) is 25.2 Å². The summed E-state index contributed by atoms with van der Waals surface area (Å²) < 4.78 is 2.22. The van der Waals surface area contributed by atoms with E-state index in [0.717, 1.165) is 70.5 Å². The van der Waals surface area contributed by atoms with Gasteiger partial charge in [0.1, 0.15) is 0 Å². The minimum Gasteiger partial charge on any atom is -0.348 e. The average molecular weight is 512 g/mol. The summed E-state index contributed by atoms with van der Waals surface area (Å²) in [6, 6.07) is 10.5. The second kappa shape index (κ2) is 10.6. The van der Waals surface area contributed by atoms with Gasteiger partial charge in [0.15, 0.2) is 0 Å². The lowest BCUT2D eigenvalue weighted by atomic mass is 9.93. The summed E-state index contributed by atoms with van der Waals surface area (Å²) in [7, 11) is 0. The minimum absolute atomic E-state index is 0.163. The lowest BCUT2D eigenvalue weighted by Gasteiger charge is -2.22. The van der Waals surface area contributed by atoms with Crippen molar-refractivity contribution < 1.29 is 4.79 Å². The molecular formula is C31H37N5O2. The summed E-state index contributed by atoms with van der Waals surface area (Å²) in [6.45, 7) is 12.3. The Bertz CT molecular complexity index is 1540. The molecule has 0 saturated carbocycles. The van der Waals surface area contributed by atoms with Gasteiger partial charge >= 0.3 is 0 Å². The van der Waals surface area contributed by atoms with Crippen LogP contribution in [0.15, 0.2) is 47.5 Å². The number of nitrogens with zero attached hydrogens (tertiary/aromatic N) is 2. The van der Waals surface area contributed by atoms with E-state index in [9.17, 15) is 9.59 Å². The summed E-state index contributed by atoms with van der Waals surface area (Å²) >= 11 is 0. The third-order valence-electron chi connectivity index (χ3n) is 7.72. The van der Waals surface area contributed by atoms with Crippen molar-refractivity contribution in [2.24, 2.45) is 0 Å². The first-order valence-corrected chi connectivity index (χ1v) is 13.5. The SMILES string of the molecule is Cc1cc(C)c(CNC(=O)c2cc(-c3ccc(C4CCNCC4)nc3)cc3c2c(C)cn3C(C)C)c(=O)[nH]1. The Morgan fingerprint density at radius 1 is 1.08 bits per heavy atom. The van der Waals surface area contributed by atoms with Gasteiger partial charge in [-0.05, 0) is 102 Å². The highest BCUT2D eigenvalue weighted by atomic mass is 16.1. The molecule has 1 aliphatic heterocycles. The van der Waals surface area contributed by atoms with Gasteiger partial charge in [0.25, 0.3) is 11.5 Å². The summed E-state index contributed by atoms with van der Waals surface area (Å²) in [5.41, 5.74) is 7.84. The smallest absolute Gasteiger partial charge is 0.253 e. The maximum atomic E-state index is 13.6. The number of benzene rings is 1. The van der Waals surface area contributed by atoms with E-state index < -0.39 is 0 Å². The number of aryl methyl sites for hydroxylation is 3. The molecule has 0 unspecified atom stereocenters. The number of fused-ring (bicyclic) bond motifs is 1. The standard InChI is InChI=1S/C31H37N5O2/c1-18(2)36-17-20(4)29-25(30(37)34-16-26-19(3)12-21(5)35-31(26)38)13-24(14-28(29)36)23-6-7-27(33-15-23)22-8-10-32-11-9-22/h6-7,12-15,17-18,22,32H,8-11,16H2,1-5H3,(H,34,37)(H,35,38). The van der Waals surface area contributed by atoms with Gasteiger partial charge < -0.3 is 20.2 Å². The molecule has 7 heteroatoms. The molecule has 1 aliphatic rings. The lowest BCUT2D eigenvalue weighted by Crippen LogP contribution is -2.28. The summed E-state index contributed by atoms with van der Waals surface area (Å²) in [6.07, 6.45) is 6.26. The van der Waals surface area contributed by atoms with Gasteiger partial charge in [-0.2, -0.15) is 0 Å². The molecule has 0 radical (unpaired) electrons. The van der Waals surface area contributed by atoms with Crippen LogP contribution in [0, 0.1) is 20.8 Å². The fraction of sp³-hybridized carbons (Fsp3) is 0.387. The highest BCUT2D eigenvalue weighted by Crippen LogP contribution is 2.33. The third kappa shape index (κ3) is 5.03. The molecule has 4 heterocycles. The zero-order valence-corrected chi connectivity index (χ0v) is 22.9. The first-order valence-electron chi connectivity index (χ1n) is 13.5. The van der Waals surface area contributed by atoms with Crippen molar-refractivity contribution in [2.75, 3.05) is 13.1 Å². The summed E-state index contributed by atoms with van der Waals surface area (Å²) in [5.74, 6) is 0.295. The zero-order valence-electron chi connectivity index (χ0n) is 22.9. The molecule has 1 saturated heterocycles. The molecule has 0 spiro atoms. The second-order valence-corrected chi connectivity index (χ2v) is 10.9.